The molecular formula is C14H23NO3S2. The van der Waals surface area contributed by atoms with Gasteiger partial charge in [0.2, 0.25) is 0 Å². The van der Waals surface area contributed by atoms with E-state index < -0.39 is 9.84 Å². The molecule has 1 heterocycles. The van der Waals surface area contributed by atoms with Gasteiger partial charge in [-0.25, -0.2) is 8.42 Å². The van der Waals surface area contributed by atoms with Crippen LogP contribution in [0.15, 0.2) is 6.07 Å². The van der Waals surface area contributed by atoms with E-state index in [9.17, 15) is 13.2 Å². The van der Waals surface area contributed by atoms with E-state index in [1.54, 1.807) is 20.9 Å². The van der Waals surface area contributed by atoms with Gasteiger partial charge in [0.15, 0.2) is 9.84 Å². The van der Waals surface area contributed by atoms with Crippen LogP contribution in [-0.2, 0) is 16.3 Å². The summed E-state index contributed by atoms with van der Waals surface area (Å²) >= 11 is 1.50. The molecule has 1 rings (SSSR count). The van der Waals surface area contributed by atoms with Gasteiger partial charge in [-0.2, -0.15) is 0 Å². The summed E-state index contributed by atoms with van der Waals surface area (Å²) in [6.45, 7) is 7.46. The number of carbonyl (C=O) groups is 1. The van der Waals surface area contributed by atoms with Crippen molar-refractivity contribution in [3.63, 3.8) is 0 Å². The Morgan fingerprint density at radius 1 is 1.40 bits per heavy atom. The SMILES string of the molecule is CCc1sc(C(=O)N(C)C(C)CS(=O)(=O)CC)cc1C. The summed E-state index contributed by atoms with van der Waals surface area (Å²) in [5, 5.41) is 0. The van der Waals surface area contributed by atoms with E-state index in [2.05, 4.69) is 6.92 Å². The maximum atomic E-state index is 12.4. The Morgan fingerprint density at radius 2 is 2.00 bits per heavy atom. The number of hydrogen-bond acceptors (Lipinski definition) is 4. The van der Waals surface area contributed by atoms with Crippen molar-refractivity contribution in [2.24, 2.45) is 0 Å². The first kappa shape index (κ1) is 17.2. The Kier molecular flexibility index (Phi) is 5.77. The molecule has 0 saturated carbocycles. The van der Waals surface area contributed by atoms with Gasteiger partial charge in [-0.1, -0.05) is 13.8 Å². The predicted octanol–water partition coefficient (Wildman–Crippen LogP) is 2.51. The van der Waals surface area contributed by atoms with Crippen molar-refractivity contribution in [3.05, 3.63) is 21.4 Å². The van der Waals surface area contributed by atoms with Gasteiger partial charge in [0.1, 0.15) is 0 Å². The Labute approximate surface area is 125 Å². The quantitative estimate of drug-likeness (QED) is 0.810. The molecule has 0 fully saturated rings. The van der Waals surface area contributed by atoms with Gasteiger partial charge >= 0.3 is 0 Å². The van der Waals surface area contributed by atoms with Gasteiger partial charge in [0.25, 0.3) is 5.91 Å². The number of thiophene rings is 1. The number of rotatable bonds is 6. The Bertz CT molecular complexity index is 575. The molecular weight excluding hydrogens is 294 g/mol. The third kappa shape index (κ3) is 4.06. The van der Waals surface area contributed by atoms with Crippen LogP contribution in [0.2, 0.25) is 0 Å². The minimum absolute atomic E-state index is 0.0106. The molecule has 0 aliphatic carbocycles. The normalized spacial score (nSPS) is 13.2. The molecule has 0 N–H and O–H groups in total. The monoisotopic (exact) mass is 317 g/mol. The zero-order valence-corrected chi connectivity index (χ0v) is 14.4. The van der Waals surface area contributed by atoms with Gasteiger partial charge in [-0.3, -0.25) is 4.79 Å². The standard InChI is InChI=1S/C14H23NO3S2/c1-6-12-10(3)8-13(19-12)14(16)15(5)11(4)9-20(17,18)7-2/h8,11H,6-7,9H2,1-5H3. The smallest absolute Gasteiger partial charge is 0.263 e. The fraction of sp³-hybridized carbons (Fsp3) is 0.643. The third-order valence-corrected chi connectivity index (χ3v) is 6.71. The molecule has 4 nitrogen and oxygen atoms in total. The predicted molar refractivity (Wildman–Crippen MR) is 84.3 cm³/mol. The summed E-state index contributed by atoms with van der Waals surface area (Å²) in [5.41, 5.74) is 1.13. The Balaban J connectivity index is 2.85. The van der Waals surface area contributed by atoms with E-state index in [0.29, 0.717) is 4.88 Å². The minimum atomic E-state index is -3.08. The van der Waals surface area contributed by atoms with E-state index in [-0.39, 0.29) is 23.5 Å². The van der Waals surface area contributed by atoms with Gasteiger partial charge in [0, 0.05) is 23.7 Å². The van der Waals surface area contributed by atoms with Gasteiger partial charge in [-0.15, -0.1) is 11.3 Å². The molecule has 0 radical (unpaired) electrons. The molecule has 0 bridgehead atoms. The van der Waals surface area contributed by atoms with Crippen LogP contribution in [0.1, 0.15) is 40.9 Å². The summed E-state index contributed by atoms with van der Waals surface area (Å²) in [4.78, 5) is 15.8. The summed E-state index contributed by atoms with van der Waals surface area (Å²) in [7, 11) is -1.41. The zero-order chi connectivity index (χ0) is 15.5. The molecule has 0 saturated heterocycles. The van der Waals surface area contributed by atoms with Crippen molar-refractivity contribution in [1.29, 1.82) is 0 Å². The van der Waals surface area contributed by atoms with Crippen molar-refractivity contribution >= 4 is 27.1 Å². The molecule has 0 spiro atoms. The van der Waals surface area contributed by atoms with Crippen LogP contribution in [0, 0.1) is 6.92 Å². The number of sulfone groups is 1. The molecule has 1 atom stereocenters. The number of carbonyl (C=O) groups excluding carboxylic acids is 1. The highest BCUT2D eigenvalue weighted by Crippen LogP contribution is 2.24. The van der Waals surface area contributed by atoms with Crippen LogP contribution in [0.4, 0.5) is 0 Å². The minimum Gasteiger partial charge on any atom is -0.337 e. The van der Waals surface area contributed by atoms with E-state index >= 15 is 0 Å². The summed E-state index contributed by atoms with van der Waals surface area (Å²) in [5.74, 6) is 0.0189. The Hall–Kier alpha value is -0.880. The number of hydrogen-bond donors (Lipinski definition) is 0. The molecule has 1 amide bonds. The molecule has 0 aliphatic heterocycles. The second-order valence-corrected chi connectivity index (χ2v) is 8.57. The van der Waals surface area contributed by atoms with Crippen LogP contribution >= 0.6 is 11.3 Å². The van der Waals surface area contributed by atoms with E-state index in [1.165, 1.54) is 21.1 Å². The molecule has 1 aromatic rings. The van der Waals surface area contributed by atoms with Crippen LogP contribution in [0.5, 0.6) is 0 Å². The van der Waals surface area contributed by atoms with Crippen LogP contribution in [-0.4, -0.2) is 43.8 Å². The van der Waals surface area contributed by atoms with Crippen molar-refractivity contribution < 1.29 is 13.2 Å². The number of aryl methyl sites for hydroxylation is 2. The topological polar surface area (TPSA) is 54.5 Å². The molecule has 0 aromatic carbocycles. The first-order valence-corrected chi connectivity index (χ1v) is 9.42. The molecule has 0 aliphatic rings. The lowest BCUT2D eigenvalue weighted by Crippen LogP contribution is -2.39. The summed E-state index contributed by atoms with van der Waals surface area (Å²) < 4.78 is 23.3. The number of amides is 1. The summed E-state index contributed by atoms with van der Waals surface area (Å²) in [6.07, 6.45) is 0.910. The first-order valence-electron chi connectivity index (χ1n) is 6.78. The first-order chi connectivity index (χ1) is 9.21. The lowest BCUT2D eigenvalue weighted by molar-refractivity contribution is 0.0761. The van der Waals surface area contributed by atoms with Crippen molar-refractivity contribution in [3.8, 4) is 0 Å². The maximum absolute atomic E-state index is 12.4. The highest BCUT2D eigenvalue weighted by Gasteiger charge is 2.23. The second-order valence-electron chi connectivity index (χ2n) is 5.03. The van der Waals surface area contributed by atoms with Crippen molar-refractivity contribution in [2.45, 2.75) is 40.2 Å². The third-order valence-electron chi connectivity index (χ3n) is 3.47. The largest absolute Gasteiger partial charge is 0.337 e. The van der Waals surface area contributed by atoms with Crippen molar-refractivity contribution in [1.82, 2.24) is 4.90 Å². The second kappa shape index (κ2) is 6.72. The van der Waals surface area contributed by atoms with E-state index in [4.69, 9.17) is 0 Å². The van der Waals surface area contributed by atoms with Crippen LogP contribution < -0.4 is 0 Å². The fourth-order valence-corrected chi connectivity index (χ4v) is 4.24. The van der Waals surface area contributed by atoms with E-state index in [1.807, 2.05) is 13.0 Å². The molecule has 1 unspecified atom stereocenters. The summed E-state index contributed by atoms with van der Waals surface area (Å²) in [6, 6.07) is 1.57. The zero-order valence-electron chi connectivity index (χ0n) is 12.8. The maximum Gasteiger partial charge on any atom is 0.263 e. The van der Waals surface area contributed by atoms with E-state index in [0.717, 1.165) is 12.0 Å². The molecule has 114 valence electrons. The highest BCUT2D eigenvalue weighted by atomic mass is 32.2. The highest BCUT2D eigenvalue weighted by molar-refractivity contribution is 7.91. The molecule has 6 heteroatoms. The van der Waals surface area contributed by atoms with Crippen LogP contribution in [0.3, 0.4) is 0 Å². The van der Waals surface area contributed by atoms with Gasteiger partial charge < -0.3 is 4.90 Å². The van der Waals surface area contributed by atoms with Gasteiger partial charge in [-0.05, 0) is 31.9 Å². The van der Waals surface area contributed by atoms with Gasteiger partial charge in [0.05, 0.1) is 10.6 Å². The lowest BCUT2D eigenvalue weighted by atomic mass is 10.2. The molecule has 20 heavy (non-hydrogen) atoms. The fourth-order valence-electron chi connectivity index (χ4n) is 1.95. The van der Waals surface area contributed by atoms with Crippen LogP contribution in [0.25, 0.3) is 0 Å². The average molecular weight is 317 g/mol. The average Bonchev–Trinajstić information content (AvgIpc) is 2.77. The lowest BCUT2D eigenvalue weighted by Gasteiger charge is -2.24. The molecule has 1 aromatic heterocycles. The Morgan fingerprint density at radius 3 is 2.45 bits per heavy atom. The van der Waals surface area contributed by atoms with Crippen molar-refractivity contribution in [2.75, 3.05) is 18.6 Å². The number of nitrogens with zero attached hydrogens (tertiary/aromatic N) is 1.